The standard InChI is InChI=1S/C17H27NO/c1-13-11-17(19-4)14(2)10-15(13)12-18(3)16-8-6-5-7-9-16/h10-11,16H,5-9,12H2,1-4H3. The predicted molar refractivity (Wildman–Crippen MR) is 80.8 cm³/mol. The molecule has 1 aromatic rings. The number of methoxy groups -OCH3 is 1. The molecule has 0 heterocycles. The van der Waals surface area contributed by atoms with Crippen molar-refractivity contribution in [2.45, 2.75) is 58.5 Å². The van der Waals surface area contributed by atoms with Crippen molar-refractivity contribution in [3.8, 4) is 5.75 Å². The highest BCUT2D eigenvalue weighted by molar-refractivity contribution is 5.41. The molecule has 0 spiro atoms. The first-order valence-corrected chi connectivity index (χ1v) is 7.46. The Kier molecular flexibility index (Phi) is 4.87. The summed E-state index contributed by atoms with van der Waals surface area (Å²) in [6.07, 6.45) is 6.95. The molecule has 0 aliphatic heterocycles. The number of benzene rings is 1. The van der Waals surface area contributed by atoms with E-state index in [1.54, 1.807) is 7.11 Å². The van der Waals surface area contributed by atoms with E-state index in [2.05, 4.69) is 37.9 Å². The van der Waals surface area contributed by atoms with Crippen LogP contribution in [0.3, 0.4) is 0 Å². The Morgan fingerprint density at radius 3 is 2.42 bits per heavy atom. The molecule has 1 saturated carbocycles. The maximum absolute atomic E-state index is 5.39. The fourth-order valence-corrected chi connectivity index (χ4v) is 3.16. The third kappa shape index (κ3) is 3.50. The molecule has 0 amide bonds. The van der Waals surface area contributed by atoms with Crippen LogP contribution in [0.2, 0.25) is 0 Å². The zero-order chi connectivity index (χ0) is 13.8. The van der Waals surface area contributed by atoms with Gasteiger partial charge in [0.2, 0.25) is 0 Å². The van der Waals surface area contributed by atoms with Gasteiger partial charge in [0.25, 0.3) is 0 Å². The minimum absolute atomic E-state index is 0.774. The number of nitrogens with zero attached hydrogens (tertiary/aromatic N) is 1. The maximum Gasteiger partial charge on any atom is 0.122 e. The van der Waals surface area contributed by atoms with Crippen molar-refractivity contribution in [2.24, 2.45) is 0 Å². The van der Waals surface area contributed by atoms with Crippen molar-refractivity contribution >= 4 is 0 Å². The smallest absolute Gasteiger partial charge is 0.122 e. The van der Waals surface area contributed by atoms with Crippen LogP contribution in [0.4, 0.5) is 0 Å². The monoisotopic (exact) mass is 261 g/mol. The van der Waals surface area contributed by atoms with E-state index in [9.17, 15) is 0 Å². The molecule has 2 heteroatoms. The minimum atomic E-state index is 0.774. The lowest BCUT2D eigenvalue weighted by Gasteiger charge is -2.31. The maximum atomic E-state index is 5.39. The highest BCUT2D eigenvalue weighted by Gasteiger charge is 2.18. The van der Waals surface area contributed by atoms with E-state index in [-0.39, 0.29) is 0 Å². The average molecular weight is 261 g/mol. The molecule has 1 fully saturated rings. The van der Waals surface area contributed by atoms with Crippen LogP contribution < -0.4 is 4.74 Å². The van der Waals surface area contributed by atoms with Gasteiger partial charge in [-0.1, -0.05) is 25.3 Å². The van der Waals surface area contributed by atoms with Gasteiger partial charge in [-0.2, -0.15) is 0 Å². The zero-order valence-electron chi connectivity index (χ0n) is 12.8. The van der Waals surface area contributed by atoms with Gasteiger partial charge in [0.15, 0.2) is 0 Å². The van der Waals surface area contributed by atoms with Crippen molar-refractivity contribution in [3.05, 3.63) is 28.8 Å². The van der Waals surface area contributed by atoms with Gasteiger partial charge in [-0.3, -0.25) is 4.90 Å². The van der Waals surface area contributed by atoms with Crippen LogP contribution in [0, 0.1) is 13.8 Å². The van der Waals surface area contributed by atoms with Gasteiger partial charge in [0.05, 0.1) is 7.11 Å². The number of rotatable bonds is 4. The zero-order valence-corrected chi connectivity index (χ0v) is 12.8. The summed E-state index contributed by atoms with van der Waals surface area (Å²) < 4.78 is 5.39. The molecule has 0 radical (unpaired) electrons. The van der Waals surface area contributed by atoms with Crippen molar-refractivity contribution in [2.75, 3.05) is 14.2 Å². The van der Waals surface area contributed by atoms with Crippen LogP contribution in [0.5, 0.6) is 5.75 Å². The number of ether oxygens (including phenoxy) is 1. The van der Waals surface area contributed by atoms with Gasteiger partial charge in [-0.25, -0.2) is 0 Å². The van der Waals surface area contributed by atoms with E-state index >= 15 is 0 Å². The van der Waals surface area contributed by atoms with E-state index < -0.39 is 0 Å². The quantitative estimate of drug-likeness (QED) is 0.810. The number of hydrogen-bond acceptors (Lipinski definition) is 2. The number of aryl methyl sites for hydroxylation is 2. The topological polar surface area (TPSA) is 12.5 Å². The lowest BCUT2D eigenvalue weighted by molar-refractivity contribution is 0.184. The molecule has 2 nitrogen and oxygen atoms in total. The van der Waals surface area contributed by atoms with E-state index in [0.29, 0.717) is 0 Å². The van der Waals surface area contributed by atoms with Gasteiger partial charge in [0.1, 0.15) is 5.75 Å². The molecule has 0 unspecified atom stereocenters. The summed E-state index contributed by atoms with van der Waals surface area (Å²) >= 11 is 0. The summed E-state index contributed by atoms with van der Waals surface area (Å²) in [6.45, 7) is 5.37. The first-order valence-electron chi connectivity index (χ1n) is 7.46. The summed E-state index contributed by atoms with van der Waals surface area (Å²) in [7, 11) is 4.02. The second-order valence-corrected chi connectivity index (χ2v) is 5.96. The van der Waals surface area contributed by atoms with Gasteiger partial charge in [-0.05, 0) is 56.5 Å². The van der Waals surface area contributed by atoms with Gasteiger partial charge >= 0.3 is 0 Å². The van der Waals surface area contributed by atoms with Crippen molar-refractivity contribution in [1.82, 2.24) is 4.90 Å². The predicted octanol–water partition coefficient (Wildman–Crippen LogP) is 4.08. The molecular weight excluding hydrogens is 234 g/mol. The first-order chi connectivity index (χ1) is 9.11. The summed E-state index contributed by atoms with van der Waals surface area (Å²) in [4.78, 5) is 2.54. The molecule has 2 rings (SSSR count). The summed E-state index contributed by atoms with van der Waals surface area (Å²) in [5, 5.41) is 0. The molecule has 1 aliphatic carbocycles. The minimum Gasteiger partial charge on any atom is -0.496 e. The second kappa shape index (κ2) is 6.42. The van der Waals surface area contributed by atoms with E-state index in [0.717, 1.165) is 18.3 Å². The Bertz CT molecular complexity index is 422. The summed E-state index contributed by atoms with van der Waals surface area (Å²) in [6, 6.07) is 5.22. The first kappa shape index (κ1) is 14.4. The molecule has 1 aliphatic rings. The molecule has 106 valence electrons. The lowest BCUT2D eigenvalue weighted by Crippen LogP contribution is -2.33. The molecular formula is C17H27NO. The lowest BCUT2D eigenvalue weighted by atomic mass is 9.94. The van der Waals surface area contributed by atoms with Crippen LogP contribution in [-0.2, 0) is 6.54 Å². The van der Waals surface area contributed by atoms with Crippen LogP contribution in [0.15, 0.2) is 12.1 Å². The van der Waals surface area contributed by atoms with Crippen molar-refractivity contribution in [1.29, 1.82) is 0 Å². The van der Waals surface area contributed by atoms with Gasteiger partial charge in [0, 0.05) is 12.6 Å². The summed E-state index contributed by atoms with van der Waals surface area (Å²) in [5.41, 5.74) is 4.01. The van der Waals surface area contributed by atoms with Crippen LogP contribution in [0.1, 0.15) is 48.8 Å². The molecule has 19 heavy (non-hydrogen) atoms. The highest BCUT2D eigenvalue weighted by atomic mass is 16.5. The Balaban J connectivity index is 2.07. The van der Waals surface area contributed by atoms with E-state index in [4.69, 9.17) is 4.74 Å². The Hall–Kier alpha value is -1.02. The van der Waals surface area contributed by atoms with Gasteiger partial charge < -0.3 is 4.74 Å². The van der Waals surface area contributed by atoms with E-state index in [1.165, 1.54) is 48.8 Å². The molecule has 1 aromatic carbocycles. The van der Waals surface area contributed by atoms with Crippen molar-refractivity contribution in [3.63, 3.8) is 0 Å². The van der Waals surface area contributed by atoms with Crippen molar-refractivity contribution < 1.29 is 4.74 Å². The Morgan fingerprint density at radius 1 is 1.11 bits per heavy atom. The normalized spacial score (nSPS) is 16.9. The molecule has 0 N–H and O–H groups in total. The van der Waals surface area contributed by atoms with Crippen LogP contribution in [-0.4, -0.2) is 25.1 Å². The average Bonchev–Trinajstić information content (AvgIpc) is 2.43. The van der Waals surface area contributed by atoms with E-state index in [1.807, 2.05) is 0 Å². The molecule has 0 atom stereocenters. The Morgan fingerprint density at radius 2 is 1.79 bits per heavy atom. The second-order valence-electron chi connectivity index (χ2n) is 5.96. The third-order valence-corrected chi connectivity index (χ3v) is 4.47. The number of hydrogen-bond donors (Lipinski definition) is 0. The largest absolute Gasteiger partial charge is 0.496 e. The SMILES string of the molecule is COc1cc(C)c(CN(C)C2CCCCC2)cc1C. The molecule has 0 saturated heterocycles. The molecule has 0 bridgehead atoms. The van der Waals surface area contributed by atoms with Crippen LogP contribution in [0.25, 0.3) is 0 Å². The molecule has 0 aromatic heterocycles. The van der Waals surface area contributed by atoms with Crippen LogP contribution >= 0.6 is 0 Å². The third-order valence-electron chi connectivity index (χ3n) is 4.47. The highest BCUT2D eigenvalue weighted by Crippen LogP contribution is 2.26. The fourth-order valence-electron chi connectivity index (χ4n) is 3.16. The fraction of sp³-hybridized carbons (Fsp3) is 0.647. The van der Waals surface area contributed by atoms with Gasteiger partial charge in [-0.15, -0.1) is 0 Å². The summed E-state index contributed by atoms with van der Waals surface area (Å²) in [5.74, 6) is 1.00. The Labute approximate surface area is 117 Å².